The molecule has 0 saturated carbocycles. The van der Waals surface area contributed by atoms with Gasteiger partial charge in [-0.25, -0.2) is 14.4 Å². The predicted molar refractivity (Wildman–Crippen MR) is 147 cm³/mol. The quantitative estimate of drug-likeness (QED) is 0.248. The van der Waals surface area contributed by atoms with Crippen LogP contribution in [0.5, 0.6) is 0 Å². The van der Waals surface area contributed by atoms with Gasteiger partial charge in [-0.05, 0) is 48.5 Å². The number of halogens is 2. The lowest BCUT2D eigenvalue weighted by molar-refractivity contribution is 0.0973. The second-order valence-electron chi connectivity index (χ2n) is 8.80. The van der Waals surface area contributed by atoms with Crippen molar-refractivity contribution in [2.45, 2.75) is 6.54 Å². The molecule has 5 rings (SSSR count). The predicted octanol–water partition coefficient (Wildman–Crippen LogP) is 5.26. The van der Waals surface area contributed by atoms with Crippen molar-refractivity contribution in [1.29, 1.82) is 5.41 Å². The molecule has 38 heavy (non-hydrogen) atoms. The van der Waals surface area contributed by atoms with Crippen molar-refractivity contribution >= 4 is 40.8 Å². The number of benzene rings is 3. The number of guanidine groups is 1. The van der Waals surface area contributed by atoms with Gasteiger partial charge in [0.25, 0.3) is 5.91 Å². The third-order valence-electron chi connectivity index (χ3n) is 5.98. The zero-order valence-electron chi connectivity index (χ0n) is 20.6. The second kappa shape index (κ2) is 10.4. The molecule has 1 aromatic heterocycles. The Morgan fingerprint density at radius 2 is 1.79 bits per heavy atom. The Labute approximate surface area is 223 Å². The van der Waals surface area contributed by atoms with Crippen LogP contribution in [-0.2, 0) is 6.54 Å². The van der Waals surface area contributed by atoms with Crippen molar-refractivity contribution in [3.8, 4) is 11.3 Å². The highest BCUT2D eigenvalue weighted by atomic mass is 35.5. The third kappa shape index (κ3) is 5.09. The van der Waals surface area contributed by atoms with E-state index < -0.39 is 0 Å². The number of nitrogens with one attached hydrogen (secondary N) is 3. The van der Waals surface area contributed by atoms with Crippen LogP contribution in [0.3, 0.4) is 0 Å². The molecule has 0 spiro atoms. The first kappa shape index (κ1) is 25.0. The number of hydrogen-bond donors (Lipinski definition) is 3. The molecule has 0 saturated heterocycles. The van der Waals surface area contributed by atoms with Gasteiger partial charge in [0, 0.05) is 58.8 Å². The number of amides is 1. The molecule has 10 heteroatoms. The van der Waals surface area contributed by atoms with Gasteiger partial charge in [-0.3, -0.25) is 20.5 Å². The maximum absolute atomic E-state index is 14.7. The fourth-order valence-corrected chi connectivity index (χ4v) is 4.17. The van der Waals surface area contributed by atoms with Gasteiger partial charge in [0.05, 0.1) is 18.0 Å². The standard InChI is InChI=1S/C28H23ClFN7O/c1-37(2)27(31)36-26(38)16-7-10-19(11-8-16)34-28-33-15-17-14-32-25(21-5-3-4-6-23(21)30)22-13-18(29)9-12-20(22)24(17)35-28/h3-13,15H,14H2,1-2H3,(H2,31,36,38)(H,33,34,35). The summed E-state index contributed by atoms with van der Waals surface area (Å²) >= 11 is 6.33. The molecule has 3 N–H and O–H groups in total. The van der Waals surface area contributed by atoms with Crippen molar-refractivity contribution in [1.82, 2.24) is 20.2 Å². The minimum atomic E-state index is -0.377. The van der Waals surface area contributed by atoms with E-state index in [-0.39, 0.29) is 24.2 Å². The molecule has 0 unspecified atom stereocenters. The topological polar surface area (TPSA) is 106 Å². The number of aromatic nitrogens is 2. The zero-order chi connectivity index (χ0) is 26.8. The van der Waals surface area contributed by atoms with Crippen LogP contribution in [0.1, 0.15) is 27.0 Å². The average molecular weight is 528 g/mol. The maximum Gasteiger partial charge on any atom is 0.257 e. The molecule has 190 valence electrons. The van der Waals surface area contributed by atoms with Crippen LogP contribution in [0, 0.1) is 11.2 Å². The number of anilines is 2. The van der Waals surface area contributed by atoms with E-state index >= 15 is 0 Å². The van der Waals surface area contributed by atoms with E-state index in [1.165, 1.54) is 11.0 Å². The van der Waals surface area contributed by atoms with E-state index in [9.17, 15) is 9.18 Å². The molecule has 0 bridgehead atoms. The third-order valence-corrected chi connectivity index (χ3v) is 6.21. The highest BCUT2D eigenvalue weighted by Gasteiger charge is 2.23. The Morgan fingerprint density at radius 3 is 2.53 bits per heavy atom. The Hall–Kier alpha value is -4.63. The Balaban J connectivity index is 1.44. The summed E-state index contributed by atoms with van der Waals surface area (Å²) in [5, 5.41) is 14.0. The molecule has 0 atom stereocenters. The van der Waals surface area contributed by atoms with Gasteiger partial charge < -0.3 is 10.2 Å². The summed E-state index contributed by atoms with van der Waals surface area (Å²) < 4.78 is 14.7. The highest BCUT2D eigenvalue weighted by molar-refractivity contribution is 6.31. The van der Waals surface area contributed by atoms with Gasteiger partial charge in [-0.1, -0.05) is 29.8 Å². The number of carbonyl (C=O) groups is 1. The van der Waals surface area contributed by atoms with Gasteiger partial charge in [-0.2, -0.15) is 0 Å². The van der Waals surface area contributed by atoms with Gasteiger partial charge in [0.2, 0.25) is 5.95 Å². The average Bonchev–Trinajstić information content (AvgIpc) is 3.05. The van der Waals surface area contributed by atoms with Crippen LogP contribution in [-0.4, -0.2) is 46.5 Å². The summed E-state index contributed by atoms with van der Waals surface area (Å²) in [6, 6.07) is 18.7. The van der Waals surface area contributed by atoms with E-state index in [0.717, 1.165) is 11.1 Å². The zero-order valence-corrected chi connectivity index (χ0v) is 21.3. The van der Waals surface area contributed by atoms with E-state index in [0.29, 0.717) is 44.8 Å². The molecule has 1 aliphatic rings. The molecule has 1 amide bonds. The molecule has 0 fully saturated rings. The summed E-state index contributed by atoms with van der Waals surface area (Å²) in [6.07, 6.45) is 1.70. The minimum absolute atomic E-state index is 0.000659. The number of fused-ring (bicyclic) bond motifs is 3. The first-order valence-corrected chi connectivity index (χ1v) is 12.1. The number of hydrogen-bond acceptors (Lipinski definition) is 6. The molecular formula is C28H23ClFN7O. The van der Waals surface area contributed by atoms with E-state index in [2.05, 4.69) is 15.6 Å². The molecule has 8 nitrogen and oxygen atoms in total. The van der Waals surface area contributed by atoms with E-state index in [1.54, 1.807) is 74.9 Å². The van der Waals surface area contributed by atoms with Gasteiger partial charge >= 0.3 is 0 Å². The first-order chi connectivity index (χ1) is 18.3. The van der Waals surface area contributed by atoms with Crippen molar-refractivity contribution in [3.63, 3.8) is 0 Å². The smallest absolute Gasteiger partial charge is 0.257 e. The second-order valence-corrected chi connectivity index (χ2v) is 9.24. The summed E-state index contributed by atoms with van der Waals surface area (Å²) in [5.41, 5.74) is 4.90. The minimum Gasteiger partial charge on any atom is -0.349 e. The lowest BCUT2D eigenvalue weighted by Gasteiger charge is -2.14. The molecule has 2 heterocycles. The number of nitrogens with zero attached hydrogens (tertiary/aromatic N) is 4. The van der Waals surface area contributed by atoms with Gasteiger partial charge in [0.15, 0.2) is 5.96 Å². The number of carbonyl (C=O) groups excluding carboxylic acids is 1. The van der Waals surface area contributed by atoms with Crippen LogP contribution in [0.15, 0.2) is 77.9 Å². The fraction of sp³-hybridized carbons (Fsp3) is 0.107. The summed E-state index contributed by atoms with van der Waals surface area (Å²) in [6.45, 7) is 0.275. The first-order valence-electron chi connectivity index (χ1n) is 11.7. The fourth-order valence-electron chi connectivity index (χ4n) is 3.99. The van der Waals surface area contributed by atoms with Crippen LogP contribution < -0.4 is 10.6 Å². The maximum atomic E-state index is 14.7. The van der Waals surface area contributed by atoms with Crippen molar-refractivity contribution < 1.29 is 9.18 Å². The van der Waals surface area contributed by atoms with Gasteiger partial charge in [0.1, 0.15) is 5.82 Å². The van der Waals surface area contributed by atoms with Crippen LogP contribution >= 0.6 is 11.6 Å². The Bertz CT molecular complexity index is 1580. The van der Waals surface area contributed by atoms with Crippen LogP contribution in [0.4, 0.5) is 16.0 Å². The molecular weight excluding hydrogens is 505 g/mol. The molecule has 4 aromatic rings. The van der Waals surface area contributed by atoms with Crippen LogP contribution in [0.25, 0.3) is 11.3 Å². The summed E-state index contributed by atoms with van der Waals surface area (Å²) in [7, 11) is 3.35. The highest BCUT2D eigenvalue weighted by Crippen LogP contribution is 2.34. The van der Waals surface area contributed by atoms with Crippen molar-refractivity contribution in [2.24, 2.45) is 4.99 Å². The van der Waals surface area contributed by atoms with E-state index in [4.69, 9.17) is 27.0 Å². The summed E-state index contributed by atoms with van der Waals surface area (Å²) in [5.74, 6) is -0.394. The monoisotopic (exact) mass is 527 g/mol. The lowest BCUT2D eigenvalue weighted by atomic mass is 9.95. The number of rotatable bonds is 4. The summed E-state index contributed by atoms with van der Waals surface area (Å²) in [4.78, 5) is 27.8. The van der Waals surface area contributed by atoms with Crippen LogP contribution in [0.2, 0.25) is 5.02 Å². The Morgan fingerprint density at radius 1 is 1.03 bits per heavy atom. The van der Waals surface area contributed by atoms with Gasteiger partial charge in [-0.15, -0.1) is 0 Å². The lowest BCUT2D eigenvalue weighted by Crippen LogP contribution is -2.39. The number of aliphatic imine (C=N–C) groups is 1. The van der Waals surface area contributed by atoms with Crippen molar-refractivity contribution in [2.75, 3.05) is 19.4 Å². The molecule has 1 aliphatic heterocycles. The molecule has 0 aliphatic carbocycles. The molecule has 3 aromatic carbocycles. The van der Waals surface area contributed by atoms with Crippen molar-refractivity contribution in [3.05, 3.63) is 106 Å². The SMILES string of the molecule is CN(C)C(=N)NC(=O)c1ccc(Nc2ncc3c(n2)-c2ccc(Cl)cc2C(c2ccccc2F)=NC3)cc1. The normalized spacial score (nSPS) is 11.9. The molecule has 0 radical (unpaired) electrons. The largest absolute Gasteiger partial charge is 0.349 e. The Kier molecular flexibility index (Phi) is 6.85. The van der Waals surface area contributed by atoms with E-state index in [1.807, 2.05) is 6.07 Å².